The third-order valence-electron chi connectivity index (χ3n) is 3.89. The molecule has 0 amide bonds. The van der Waals surface area contributed by atoms with Crippen LogP contribution >= 0.6 is 23.2 Å². The van der Waals surface area contributed by atoms with Gasteiger partial charge in [0.1, 0.15) is 5.75 Å². The summed E-state index contributed by atoms with van der Waals surface area (Å²) in [6.45, 7) is 1.02. The maximum atomic E-state index is 13.0. The van der Waals surface area contributed by atoms with Gasteiger partial charge in [-0.3, -0.25) is 9.59 Å². The molecule has 0 saturated heterocycles. The average molecular weight is 365 g/mol. The predicted molar refractivity (Wildman–Crippen MR) is 93.6 cm³/mol. The highest BCUT2D eigenvalue weighted by Crippen LogP contribution is 2.41. The van der Waals surface area contributed by atoms with Gasteiger partial charge in [-0.1, -0.05) is 23.2 Å². The molecule has 0 bridgehead atoms. The van der Waals surface area contributed by atoms with Gasteiger partial charge in [-0.2, -0.15) is 0 Å². The van der Waals surface area contributed by atoms with Crippen LogP contribution in [0.2, 0.25) is 10.0 Å². The lowest BCUT2D eigenvalue weighted by Gasteiger charge is -2.23. The van der Waals surface area contributed by atoms with Gasteiger partial charge in [-0.15, -0.1) is 0 Å². The fraction of sp³-hybridized carbons (Fsp3) is 0.176. The minimum absolute atomic E-state index is 0.0241. The molecular formula is C17H14Cl2N2O3. The Morgan fingerprint density at radius 2 is 1.50 bits per heavy atom. The largest absolute Gasteiger partial charge is 0.507 e. The van der Waals surface area contributed by atoms with E-state index in [1.807, 2.05) is 0 Å². The van der Waals surface area contributed by atoms with E-state index in [9.17, 15) is 14.7 Å². The Morgan fingerprint density at radius 3 is 2.08 bits per heavy atom. The lowest BCUT2D eigenvalue weighted by molar-refractivity contribution is 0.0977. The number of phenols is 1. The van der Waals surface area contributed by atoms with Gasteiger partial charge >= 0.3 is 0 Å². The molecule has 24 heavy (non-hydrogen) atoms. The summed E-state index contributed by atoms with van der Waals surface area (Å²) >= 11 is 12.2. The summed E-state index contributed by atoms with van der Waals surface area (Å²) in [6.07, 6.45) is 0.695. The number of hydrogen-bond acceptors (Lipinski definition) is 5. The highest BCUT2D eigenvalue weighted by molar-refractivity contribution is 6.44. The Kier molecular flexibility index (Phi) is 4.49. The van der Waals surface area contributed by atoms with Crippen LogP contribution in [0.5, 0.6) is 5.75 Å². The van der Waals surface area contributed by atoms with Crippen LogP contribution in [0.15, 0.2) is 24.3 Å². The van der Waals surface area contributed by atoms with E-state index in [0.717, 1.165) is 0 Å². The van der Waals surface area contributed by atoms with E-state index in [1.54, 1.807) is 6.07 Å². The van der Waals surface area contributed by atoms with Crippen molar-refractivity contribution in [1.82, 2.24) is 0 Å². The van der Waals surface area contributed by atoms with Crippen LogP contribution in [0.4, 0.5) is 5.69 Å². The number of hydrogen-bond donors (Lipinski definition) is 3. The SMILES string of the molecule is NCCCNc1ccc(O)c2c1C(=O)c1c(Cl)ccc(Cl)c1C2=O. The predicted octanol–water partition coefficient (Wildman–Crippen LogP) is 3.24. The fourth-order valence-corrected chi connectivity index (χ4v) is 3.26. The number of carbonyl (C=O) groups excluding carboxylic acids is 2. The number of carbonyl (C=O) groups is 2. The van der Waals surface area contributed by atoms with Crippen molar-refractivity contribution in [1.29, 1.82) is 0 Å². The number of benzene rings is 2. The fourth-order valence-electron chi connectivity index (χ4n) is 2.78. The van der Waals surface area contributed by atoms with Gasteiger partial charge in [0, 0.05) is 12.2 Å². The Labute approximate surface area is 148 Å². The van der Waals surface area contributed by atoms with E-state index in [0.29, 0.717) is 25.2 Å². The zero-order valence-corrected chi connectivity index (χ0v) is 14.0. The van der Waals surface area contributed by atoms with Crippen molar-refractivity contribution in [3.63, 3.8) is 0 Å². The zero-order valence-electron chi connectivity index (χ0n) is 12.5. The molecule has 0 fully saturated rings. The molecule has 0 atom stereocenters. The van der Waals surface area contributed by atoms with Gasteiger partial charge in [-0.05, 0) is 37.2 Å². The first kappa shape index (κ1) is 16.8. The number of aromatic hydroxyl groups is 1. The van der Waals surface area contributed by atoms with Gasteiger partial charge < -0.3 is 16.2 Å². The molecule has 3 rings (SSSR count). The van der Waals surface area contributed by atoms with Crippen LogP contribution < -0.4 is 11.1 Å². The van der Waals surface area contributed by atoms with Gasteiger partial charge in [0.25, 0.3) is 0 Å². The first-order valence-electron chi connectivity index (χ1n) is 7.34. The Balaban J connectivity index is 2.22. The van der Waals surface area contributed by atoms with Crippen molar-refractivity contribution in [2.45, 2.75) is 6.42 Å². The monoisotopic (exact) mass is 364 g/mol. The number of ketones is 2. The van der Waals surface area contributed by atoms with Gasteiger partial charge in [0.05, 0.1) is 32.3 Å². The molecule has 0 heterocycles. The maximum absolute atomic E-state index is 13.0. The first-order chi connectivity index (χ1) is 11.5. The molecule has 0 aliphatic heterocycles. The van der Waals surface area contributed by atoms with Crippen molar-refractivity contribution in [3.05, 3.63) is 56.6 Å². The number of nitrogens with one attached hydrogen (secondary N) is 1. The molecule has 0 saturated carbocycles. The van der Waals surface area contributed by atoms with Crippen LogP contribution in [-0.2, 0) is 0 Å². The molecule has 1 aliphatic carbocycles. The summed E-state index contributed by atoms with van der Waals surface area (Å²) < 4.78 is 0. The van der Waals surface area contributed by atoms with Gasteiger partial charge in [-0.25, -0.2) is 0 Å². The summed E-state index contributed by atoms with van der Waals surface area (Å²) in [5.74, 6) is -1.24. The number of rotatable bonds is 4. The van der Waals surface area contributed by atoms with Crippen LogP contribution in [-0.4, -0.2) is 29.8 Å². The van der Waals surface area contributed by atoms with Crippen molar-refractivity contribution in [2.75, 3.05) is 18.4 Å². The number of fused-ring (bicyclic) bond motifs is 2. The summed E-state index contributed by atoms with van der Waals surface area (Å²) in [5.41, 5.74) is 6.06. The Hall–Kier alpha value is -2.08. The normalized spacial score (nSPS) is 12.8. The average Bonchev–Trinajstić information content (AvgIpc) is 2.56. The molecule has 0 spiro atoms. The molecule has 7 heteroatoms. The minimum Gasteiger partial charge on any atom is -0.507 e. The molecule has 0 radical (unpaired) electrons. The van der Waals surface area contributed by atoms with E-state index in [4.69, 9.17) is 28.9 Å². The summed E-state index contributed by atoms with van der Waals surface area (Å²) in [4.78, 5) is 25.8. The molecule has 0 unspecified atom stereocenters. The van der Waals surface area contributed by atoms with E-state index < -0.39 is 11.6 Å². The second-order valence-electron chi connectivity index (χ2n) is 5.39. The van der Waals surface area contributed by atoms with Crippen molar-refractivity contribution in [3.8, 4) is 5.75 Å². The smallest absolute Gasteiger partial charge is 0.199 e. The van der Waals surface area contributed by atoms with Crippen molar-refractivity contribution >= 4 is 40.5 Å². The first-order valence-corrected chi connectivity index (χ1v) is 8.10. The molecule has 2 aromatic rings. The van der Waals surface area contributed by atoms with E-state index in [1.165, 1.54) is 18.2 Å². The third kappa shape index (κ3) is 2.55. The second kappa shape index (κ2) is 6.43. The molecule has 4 N–H and O–H groups in total. The van der Waals surface area contributed by atoms with Gasteiger partial charge in [0.15, 0.2) is 11.6 Å². The molecule has 124 valence electrons. The molecule has 0 aromatic heterocycles. The topological polar surface area (TPSA) is 92.4 Å². The zero-order chi connectivity index (χ0) is 17.4. The maximum Gasteiger partial charge on any atom is 0.199 e. The van der Waals surface area contributed by atoms with Crippen LogP contribution in [0, 0.1) is 0 Å². The number of anilines is 1. The van der Waals surface area contributed by atoms with Crippen molar-refractivity contribution in [2.24, 2.45) is 5.73 Å². The van der Waals surface area contributed by atoms with E-state index >= 15 is 0 Å². The van der Waals surface area contributed by atoms with Crippen molar-refractivity contribution < 1.29 is 14.7 Å². The Morgan fingerprint density at radius 1 is 0.917 bits per heavy atom. The minimum atomic E-state index is -0.521. The molecular weight excluding hydrogens is 351 g/mol. The number of halogens is 2. The van der Waals surface area contributed by atoms with E-state index in [2.05, 4.69) is 5.32 Å². The van der Waals surface area contributed by atoms with Crippen LogP contribution in [0.3, 0.4) is 0 Å². The summed E-state index contributed by atoms with van der Waals surface area (Å²) in [7, 11) is 0. The quantitative estimate of drug-likeness (QED) is 0.488. The summed E-state index contributed by atoms with van der Waals surface area (Å²) in [5, 5.41) is 13.5. The third-order valence-corrected chi connectivity index (χ3v) is 4.52. The Bertz CT molecular complexity index is 865. The molecule has 1 aliphatic rings. The van der Waals surface area contributed by atoms with Crippen LogP contribution in [0.1, 0.15) is 38.3 Å². The lowest BCUT2D eigenvalue weighted by atomic mass is 9.82. The van der Waals surface area contributed by atoms with Gasteiger partial charge in [0.2, 0.25) is 0 Å². The highest BCUT2D eigenvalue weighted by atomic mass is 35.5. The molecule has 5 nitrogen and oxygen atoms in total. The van der Waals surface area contributed by atoms with E-state index in [-0.39, 0.29) is 38.0 Å². The highest BCUT2D eigenvalue weighted by Gasteiger charge is 2.37. The number of nitrogens with two attached hydrogens (primary N) is 1. The standard InChI is InChI=1S/C17H14Cl2N2O3/c18-8-2-3-9(19)13-12(8)16(23)14-10(21-7-1-6-20)4-5-11(22)15(14)17(13)24/h2-5,21-22H,1,6-7,20H2. The molecule has 2 aromatic carbocycles. The van der Waals surface area contributed by atoms with Crippen LogP contribution in [0.25, 0.3) is 0 Å². The second-order valence-corrected chi connectivity index (χ2v) is 6.20. The summed E-state index contributed by atoms with van der Waals surface area (Å²) in [6, 6.07) is 5.86. The number of phenolic OH excluding ortho intramolecular Hbond substituents is 1. The lowest BCUT2D eigenvalue weighted by Crippen LogP contribution is -2.24.